The third-order valence-electron chi connectivity index (χ3n) is 4.39. The number of nitrogens with zero attached hydrogens (tertiary/aromatic N) is 1. The molecule has 1 aliphatic heterocycles. The van der Waals surface area contributed by atoms with Crippen molar-refractivity contribution in [3.63, 3.8) is 0 Å². The van der Waals surface area contributed by atoms with Crippen LogP contribution in [0.3, 0.4) is 0 Å². The van der Waals surface area contributed by atoms with Crippen LogP contribution < -0.4 is 10.2 Å². The van der Waals surface area contributed by atoms with Gasteiger partial charge < -0.3 is 10.2 Å². The van der Waals surface area contributed by atoms with E-state index in [1.165, 1.54) is 16.5 Å². The number of nitrogens with one attached hydrogen (secondary N) is 2. The summed E-state index contributed by atoms with van der Waals surface area (Å²) in [4.78, 5) is 23.0. The van der Waals surface area contributed by atoms with Gasteiger partial charge in [-0.25, -0.2) is 0 Å². The van der Waals surface area contributed by atoms with Crippen LogP contribution in [-0.4, -0.2) is 30.3 Å². The highest BCUT2D eigenvalue weighted by Gasteiger charge is 2.28. The van der Waals surface area contributed by atoms with Crippen LogP contribution in [0.1, 0.15) is 22.3 Å². The summed E-state index contributed by atoms with van der Waals surface area (Å²) >= 11 is 0. The molecule has 3 rings (SSSR count). The largest absolute Gasteiger partial charge is 0.371 e. The minimum Gasteiger partial charge on any atom is -0.371 e. The fraction of sp³-hybridized carbons (Fsp3) is 0.278. The molecule has 0 bridgehead atoms. The van der Waals surface area contributed by atoms with Gasteiger partial charge in [0.1, 0.15) is 18.5 Å². The average molecular weight is 326 g/mol. The van der Waals surface area contributed by atoms with Gasteiger partial charge in [-0.05, 0) is 12.1 Å². The Morgan fingerprint density at radius 1 is 1.25 bits per heavy atom. The van der Waals surface area contributed by atoms with E-state index in [1.54, 1.807) is 12.1 Å². The van der Waals surface area contributed by atoms with E-state index in [0.29, 0.717) is 17.5 Å². The molecule has 0 aromatic heterocycles. The summed E-state index contributed by atoms with van der Waals surface area (Å²) in [6.07, 6.45) is 1.59. The number of rotatable bonds is 6. The SMILES string of the molecule is O=Cc1ccc(N[C@@H]2CC[NH+](Cc3ccccc3)C2)c([N+](=O)[O-])c1. The number of aldehydes is 1. The zero-order valence-corrected chi connectivity index (χ0v) is 13.3. The molecule has 1 saturated heterocycles. The Morgan fingerprint density at radius 3 is 2.75 bits per heavy atom. The van der Waals surface area contributed by atoms with Crippen LogP contribution in [0.25, 0.3) is 0 Å². The third kappa shape index (κ3) is 3.78. The molecular weight excluding hydrogens is 306 g/mol. The first kappa shape index (κ1) is 16.1. The van der Waals surface area contributed by atoms with Crippen molar-refractivity contribution in [1.29, 1.82) is 0 Å². The standard InChI is InChI=1S/C18H19N3O3/c22-13-15-6-7-17(18(10-15)21(23)24)19-16-8-9-20(12-16)11-14-4-2-1-3-5-14/h1-7,10,13,16,19H,8-9,11-12H2/p+1/t16-/m1/s1. The first-order valence-corrected chi connectivity index (χ1v) is 8.03. The molecule has 0 spiro atoms. The lowest BCUT2D eigenvalue weighted by atomic mass is 10.1. The van der Waals surface area contributed by atoms with E-state index in [-0.39, 0.29) is 11.7 Å². The van der Waals surface area contributed by atoms with Gasteiger partial charge in [-0.3, -0.25) is 14.9 Å². The van der Waals surface area contributed by atoms with Crippen molar-refractivity contribution in [1.82, 2.24) is 0 Å². The Labute approximate surface area is 140 Å². The fourth-order valence-electron chi connectivity index (χ4n) is 3.21. The van der Waals surface area contributed by atoms with Gasteiger partial charge in [0.2, 0.25) is 0 Å². The van der Waals surface area contributed by atoms with E-state index in [9.17, 15) is 14.9 Å². The number of hydrogen-bond acceptors (Lipinski definition) is 4. The van der Waals surface area contributed by atoms with Crippen molar-refractivity contribution in [3.05, 3.63) is 69.8 Å². The van der Waals surface area contributed by atoms with Crippen molar-refractivity contribution in [2.45, 2.75) is 19.0 Å². The predicted octanol–water partition coefficient (Wildman–Crippen LogP) is 1.68. The van der Waals surface area contributed by atoms with Crippen molar-refractivity contribution in [2.24, 2.45) is 0 Å². The second kappa shape index (κ2) is 7.23. The number of carbonyl (C=O) groups excluding carboxylic acids is 1. The summed E-state index contributed by atoms with van der Waals surface area (Å²) < 4.78 is 0. The van der Waals surface area contributed by atoms with E-state index >= 15 is 0 Å². The highest BCUT2D eigenvalue weighted by Crippen LogP contribution is 2.26. The summed E-state index contributed by atoms with van der Waals surface area (Å²) in [5.74, 6) is 0. The molecule has 24 heavy (non-hydrogen) atoms. The maximum Gasteiger partial charge on any atom is 0.293 e. The van der Waals surface area contributed by atoms with Gasteiger partial charge in [-0.15, -0.1) is 0 Å². The number of hydrogen-bond donors (Lipinski definition) is 2. The summed E-state index contributed by atoms with van der Waals surface area (Å²) in [6.45, 7) is 2.92. The average Bonchev–Trinajstić information content (AvgIpc) is 3.03. The molecule has 1 aliphatic rings. The number of nitro benzene ring substituents is 1. The number of likely N-dealkylation sites (tertiary alicyclic amines) is 1. The molecule has 124 valence electrons. The molecule has 6 nitrogen and oxygen atoms in total. The minimum absolute atomic E-state index is 0.0453. The Kier molecular flexibility index (Phi) is 4.86. The summed E-state index contributed by atoms with van der Waals surface area (Å²) in [5.41, 5.74) is 2.05. The van der Waals surface area contributed by atoms with Crippen molar-refractivity contribution in [2.75, 3.05) is 18.4 Å². The van der Waals surface area contributed by atoms with Crippen LogP contribution in [0.5, 0.6) is 0 Å². The van der Waals surface area contributed by atoms with Crippen molar-refractivity contribution in [3.8, 4) is 0 Å². The number of anilines is 1. The zero-order chi connectivity index (χ0) is 16.9. The Hall–Kier alpha value is -2.73. The van der Waals surface area contributed by atoms with Crippen LogP contribution in [0.2, 0.25) is 0 Å². The van der Waals surface area contributed by atoms with E-state index < -0.39 is 4.92 Å². The highest BCUT2D eigenvalue weighted by atomic mass is 16.6. The van der Waals surface area contributed by atoms with E-state index in [0.717, 1.165) is 26.1 Å². The molecule has 2 N–H and O–H groups in total. The topological polar surface area (TPSA) is 76.7 Å². The number of benzene rings is 2. The normalized spacial score (nSPS) is 19.8. The first-order valence-electron chi connectivity index (χ1n) is 8.03. The predicted molar refractivity (Wildman–Crippen MR) is 91.4 cm³/mol. The summed E-state index contributed by atoms with van der Waals surface area (Å²) in [6, 6.07) is 15.1. The van der Waals surface area contributed by atoms with Gasteiger partial charge in [-0.1, -0.05) is 30.3 Å². The van der Waals surface area contributed by atoms with Crippen LogP contribution in [-0.2, 0) is 6.54 Å². The molecule has 2 aromatic rings. The van der Waals surface area contributed by atoms with Crippen molar-refractivity contribution < 1.29 is 14.6 Å². The van der Waals surface area contributed by atoms with Crippen LogP contribution >= 0.6 is 0 Å². The maximum absolute atomic E-state index is 11.2. The van der Waals surface area contributed by atoms with E-state index in [4.69, 9.17) is 0 Å². The van der Waals surface area contributed by atoms with Gasteiger partial charge in [0, 0.05) is 23.6 Å². The second-order valence-electron chi connectivity index (χ2n) is 6.15. The van der Waals surface area contributed by atoms with Gasteiger partial charge >= 0.3 is 0 Å². The molecule has 1 unspecified atom stereocenters. The van der Waals surface area contributed by atoms with Crippen molar-refractivity contribution >= 4 is 17.7 Å². The second-order valence-corrected chi connectivity index (χ2v) is 6.15. The highest BCUT2D eigenvalue weighted by molar-refractivity contribution is 5.79. The zero-order valence-electron chi connectivity index (χ0n) is 13.3. The minimum atomic E-state index is -0.446. The Bertz CT molecular complexity index is 734. The summed E-state index contributed by atoms with van der Waals surface area (Å²) in [7, 11) is 0. The molecule has 0 amide bonds. The molecule has 1 fully saturated rings. The molecule has 2 atom stereocenters. The van der Waals surface area contributed by atoms with Gasteiger partial charge in [-0.2, -0.15) is 0 Å². The monoisotopic (exact) mass is 326 g/mol. The van der Waals surface area contributed by atoms with Crippen LogP contribution in [0.4, 0.5) is 11.4 Å². The quantitative estimate of drug-likeness (QED) is 0.481. The molecule has 0 radical (unpaired) electrons. The van der Waals surface area contributed by atoms with Gasteiger partial charge in [0.05, 0.1) is 24.1 Å². The fourth-order valence-corrected chi connectivity index (χ4v) is 3.21. The number of carbonyl (C=O) groups is 1. The summed E-state index contributed by atoms with van der Waals surface area (Å²) in [5, 5.41) is 14.5. The lowest BCUT2D eigenvalue weighted by Gasteiger charge is -2.15. The molecule has 0 aliphatic carbocycles. The van der Waals surface area contributed by atoms with Gasteiger partial charge in [0.25, 0.3) is 5.69 Å². The number of quaternary nitrogens is 1. The lowest BCUT2D eigenvalue weighted by molar-refractivity contribution is -0.901. The van der Waals surface area contributed by atoms with Crippen LogP contribution in [0.15, 0.2) is 48.5 Å². The molecular formula is C18H20N3O3+. The molecule has 0 saturated carbocycles. The van der Waals surface area contributed by atoms with E-state index in [2.05, 4.69) is 17.4 Å². The number of nitro groups is 1. The molecule has 1 heterocycles. The Morgan fingerprint density at radius 2 is 2.04 bits per heavy atom. The molecule has 6 heteroatoms. The Balaban J connectivity index is 1.65. The van der Waals surface area contributed by atoms with Gasteiger partial charge in [0.15, 0.2) is 0 Å². The first-order chi connectivity index (χ1) is 11.7. The lowest BCUT2D eigenvalue weighted by Crippen LogP contribution is -3.09. The van der Waals surface area contributed by atoms with Crippen LogP contribution in [0, 0.1) is 10.1 Å². The van der Waals surface area contributed by atoms with E-state index in [1.807, 2.05) is 18.2 Å². The maximum atomic E-state index is 11.2. The smallest absolute Gasteiger partial charge is 0.293 e. The molecule has 2 aromatic carbocycles. The third-order valence-corrected chi connectivity index (χ3v) is 4.39.